The predicted molar refractivity (Wildman–Crippen MR) is 73.0 cm³/mol. The highest BCUT2D eigenvalue weighted by molar-refractivity contribution is 6.30. The van der Waals surface area contributed by atoms with Crippen molar-refractivity contribution in [1.29, 1.82) is 0 Å². The summed E-state index contributed by atoms with van der Waals surface area (Å²) in [5.41, 5.74) is -1.76. The van der Waals surface area contributed by atoms with Gasteiger partial charge in [0.1, 0.15) is 0 Å². The van der Waals surface area contributed by atoms with Gasteiger partial charge in [-0.15, -0.1) is 0 Å². The molecule has 2 nitrogen and oxygen atoms in total. The minimum absolute atomic E-state index is 0.0408. The zero-order valence-electron chi connectivity index (χ0n) is 10.9. The van der Waals surface area contributed by atoms with E-state index < -0.39 is 17.3 Å². The van der Waals surface area contributed by atoms with E-state index in [4.69, 9.17) is 11.6 Å². The third kappa shape index (κ3) is 3.79. The molecule has 20 heavy (non-hydrogen) atoms. The lowest BCUT2D eigenvalue weighted by molar-refractivity contribution is -0.137. The van der Waals surface area contributed by atoms with Crippen molar-refractivity contribution in [2.24, 2.45) is 0 Å². The molecule has 1 fully saturated rings. The quantitative estimate of drug-likeness (QED) is 0.863. The number of rotatable bonds is 3. The monoisotopic (exact) mass is 307 g/mol. The van der Waals surface area contributed by atoms with Crippen LogP contribution in [0, 0.1) is 0 Å². The van der Waals surface area contributed by atoms with Crippen LogP contribution in [0.2, 0.25) is 5.02 Å². The summed E-state index contributed by atoms with van der Waals surface area (Å²) in [6.45, 7) is 0.123. The first-order valence-corrected chi connectivity index (χ1v) is 7.01. The van der Waals surface area contributed by atoms with Gasteiger partial charge in [0.05, 0.1) is 11.2 Å². The fourth-order valence-corrected chi connectivity index (χ4v) is 2.72. The Kier molecular flexibility index (Phi) is 4.49. The van der Waals surface area contributed by atoms with Crippen LogP contribution in [0.4, 0.5) is 18.9 Å². The van der Waals surface area contributed by atoms with Gasteiger partial charge in [-0.05, 0) is 31.0 Å². The van der Waals surface area contributed by atoms with E-state index in [-0.39, 0.29) is 17.3 Å². The molecule has 0 radical (unpaired) electrons. The van der Waals surface area contributed by atoms with Crippen LogP contribution < -0.4 is 5.32 Å². The summed E-state index contributed by atoms with van der Waals surface area (Å²) in [5.74, 6) is 0. The predicted octanol–water partition coefficient (Wildman–Crippen LogP) is 4.47. The molecule has 1 aromatic carbocycles. The number of halogens is 4. The first kappa shape index (κ1) is 15.4. The molecule has 2 N–H and O–H groups in total. The summed E-state index contributed by atoms with van der Waals surface area (Å²) in [6.07, 6.45) is -0.348. The molecule has 1 aliphatic rings. The van der Waals surface area contributed by atoms with Crippen LogP contribution in [0.1, 0.15) is 37.7 Å². The van der Waals surface area contributed by atoms with E-state index in [0.29, 0.717) is 12.8 Å². The number of hydrogen-bond acceptors (Lipinski definition) is 2. The molecule has 0 heterocycles. The van der Waals surface area contributed by atoms with Crippen molar-refractivity contribution in [2.45, 2.75) is 43.9 Å². The molecule has 1 aliphatic carbocycles. The summed E-state index contributed by atoms with van der Waals surface area (Å²) in [7, 11) is 0. The molecule has 6 heteroatoms. The SMILES string of the molecule is OC1(CNc2ccc(Cl)cc2C(F)(F)F)CCCCC1. The van der Waals surface area contributed by atoms with Crippen LogP contribution in [-0.4, -0.2) is 17.3 Å². The summed E-state index contributed by atoms with van der Waals surface area (Å²) in [5, 5.41) is 13.1. The number of alkyl halides is 3. The molecule has 0 amide bonds. The number of nitrogens with one attached hydrogen (secondary N) is 1. The average Bonchev–Trinajstić information content (AvgIpc) is 2.37. The highest BCUT2D eigenvalue weighted by Crippen LogP contribution is 2.37. The number of hydrogen-bond donors (Lipinski definition) is 2. The van der Waals surface area contributed by atoms with E-state index in [1.165, 1.54) is 12.1 Å². The molecular formula is C14H17ClF3NO. The normalized spacial score (nSPS) is 18.9. The standard InChI is InChI=1S/C14H17ClF3NO/c15-10-4-5-12(11(8-10)14(16,17)18)19-9-13(20)6-2-1-3-7-13/h4-5,8,19-20H,1-3,6-7,9H2. The van der Waals surface area contributed by atoms with E-state index in [0.717, 1.165) is 25.3 Å². The van der Waals surface area contributed by atoms with Gasteiger partial charge in [0.15, 0.2) is 0 Å². The van der Waals surface area contributed by atoms with Crippen LogP contribution in [0.3, 0.4) is 0 Å². The average molecular weight is 308 g/mol. The second kappa shape index (κ2) is 5.82. The maximum absolute atomic E-state index is 12.9. The van der Waals surface area contributed by atoms with E-state index in [2.05, 4.69) is 5.32 Å². The molecule has 1 saturated carbocycles. The van der Waals surface area contributed by atoms with Crippen molar-refractivity contribution >= 4 is 17.3 Å². The Morgan fingerprint density at radius 2 is 1.85 bits per heavy atom. The highest BCUT2D eigenvalue weighted by Gasteiger charge is 2.35. The number of aliphatic hydroxyl groups is 1. The maximum atomic E-state index is 12.9. The van der Waals surface area contributed by atoms with E-state index in [9.17, 15) is 18.3 Å². The molecule has 0 bridgehead atoms. The van der Waals surface area contributed by atoms with E-state index in [1.807, 2.05) is 0 Å². The minimum Gasteiger partial charge on any atom is -0.388 e. The lowest BCUT2D eigenvalue weighted by atomic mass is 9.85. The molecular weight excluding hydrogens is 291 g/mol. The van der Waals surface area contributed by atoms with Gasteiger partial charge in [0.2, 0.25) is 0 Å². The van der Waals surface area contributed by atoms with Crippen molar-refractivity contribution in [1.82, 2.24) is 0 Å². The van der Waals surface area contributed by atoms with Crippen LogP contribution in [0.5, 0.6) is 0 Å². The van der Waals surface area contributed by atoms with Crippen molar-refractivity contribution in [2.75, 3.05) is 11.9 Å². The molecule has 1 aromatic rings. The van der Waals surface area contributed by atoms with Gasteiger partial charge in [-0.1, -0.05) is 30.9 Å². The second-order valence-electron chi connectivity index (χ2n) is 5.33. The topological polar surface area (TPSA) is 32.3 Å². The number of anilines is 1. The van der Waals surface area contributed by atoms with Crippen molar-refractivity contribution < 1.29 is 18.3 Å². The van der Waals surface area contributed by atoms with Gasteiger partial charge in [-0.3, -0.25) is 0 Å². The van der Waals surface area contributed by atoms with E-state index in [1.54, 1.807) is 0 Å². The molecule has 0 aliphatic heterocycles. The molecule has 0 atom stereocenters. The minimum atomic E-state index is -4.47. The fraction of sp³-hybridized carbons (Fsp3) is 0.571. The largest absolute Gasteiger partial charge is 0.418 e. The molecule has 0 saturated heterocycles. The Morgan fingerprint density at radius 3 is 2.45 bits per heavy atom. The summed E-state index contributed by atoms with van der Waals surface area (Å²) in [4.78, 5) is 0. The van der Waals surface area contributed by atoms with Gasteiger partial charge in [-0.2, -0.15) is 13.2 Å². The molecule has 0 unspecified atom stereocenters. The Morgan fingerprint density at radius 1 is 1.20 bits per heavy atom. The van der Waals surface area contributed by atoms with Gasteiger partial charge in [-0.25, -0.2) is 0 Å². The lowest BCUT2D eigenvalue weighted by Crippen LogP contribution is -2.39. The Balaban J connectivity index is 2.13. The zero-order chi connectivity index (χ0) is 14.8. The van der Waals surface area contributed by atoms with Gasteiger partial charge in [0.25, 0.3) is 0 Å². The van der Waals surface area contributed by atoms with Gasteiger partial charge in [0, 0.05) is 17.3 Å². The smallest absolute Gasteiger partial charge is 0.388 e. The van der Waals surface area contributed by atoms with Gasteiger partial charge >= 0.3 is 6.18 Å². The third-order valence-corrected chi connectivity index (χ3v) is 3.91. The van der Waals surface area contributed by atoms with E-state index >= 15 is 0 Å². The lowest BCUT2D eigenvalue weighted by Gasteiger charge is -2.32. The second-order valence-corrected chi connectivity index (χ2v) is 5.76. The molecule has 0 spiro atoms. The van der Waals surface area contributed by atoms with Crippen molar-refractivity contribution in [3.63, 3.8) is 0 Å². The Hall–Kier alpha value is -0.940. The summed E-state index contributed by atoms with van der Waals surface area (Å²) < 4.78 is 38.8. The van der Waals surface area contributed by atoms with Crippen LogP contribution >= 0.6 is 11.6 Å². The first-order valence-electron chi connectivity index (χ1n) is 6.63. The molecule has 112 valence electrons. The zero-order valence-corrected chi connectivity index (χ0v) is 11.7. The van der Waals surface area contributed by atoms with Crippen LogP contribution in [0.15, 0.2) is 18.2 Å². The number of benzene rings is 1. The van der Waals surface area contributed by atoms with Crippen molar-refractivity contribution in [3.8, 4) is 0 Å². The highest BCUT2D eigenvalue weighted by atomic mass is 35.5. The maximum Gasteiger partial charge on any atom is 0.418 e. The Labute approximate surface area is 120 Å². The first-order chi connectivity index (χ1) is 9.30. The van der Waals surface area contributed by atoms with Crippen molar-refractivity contribution in [3.05, 3.63) is 28.8 Å². The molecule has 2 rings (SSSR count). The van der Waals surface area contributed by atoms with Crippen LogP contribution in [0.25, 0.3) is 0 Å². The Bertz CT molecular complexity index is 470. The summed E-state index contributed by atoms with van der Waals surface area (Å²) >= 11 is 5.62. The van der Waals surface area contributed by atoms with Crippen LogP contribution in [-0.2, 0) is 6.18 Å². The fourth-order valence-electron chi connectivity index (χ4n) is 2.55. The summed E-state index contributed by atoms with van der Waals surface area (Å²) in [6, 6.07) is 3.61. The third-order valence-electron chi connectivity index (χ3n) is 3.68. The van der Waals surface area contributed by atoms with Gasteiger partial charge < -0.3 is 10.4 Å². The molecule has 0 aromatic heterocycles.